The SMILES string of the molecule is CCC(C)(CC)Oc1ccc(C(C)(C)c2ccc(OP3(=O)CCC3(C)CC)cc2)cc1. The molecule has 170 valence electrons. The van der Waals surface area contributed by atoms with Gasteiger partial charge in [-0.25, -0.2) is 0 Å². The zero-order chi connectivity index (χ0) is 22.9. The smallest absolute Gasteiger partial charge is 0.253 e. The minimum Gasteiger partial charge on any atom is -0.488 e. The predicted molar refractivity (Wildman–Crippen MR) is 131 cm³/mol. The lowest BCUT2D eigenvalue weighted by Crippen LogP contribution is -2.38. The molecule has 2 aromatic carbocycles. The van der Waals surface area contributed by atoms with E-state index in [1.54, 1.807) is 0 Å². The summed E-state index contributed by atoms with van der Waals surface area (Å²) >= 11 is 0. The largest absolute Gasteiger partial charge is 0.488 e. The summed E-state index contributed by atoms with van der Waals surface area (Å²) < 4.78 is 25.4. The highest BCUT2D eigenvalue weighted by molar-refractivity contribution is 7.62. The van der Waals surface area contributed by atoms with E-state index >= 15 is 0 Å². The van der Waals surface area contributed by atoms with Crippen molar-refractivity contribution in [2.45, 2.75) is 90.3 Å². The molecule has 2 aromatic rings. The zero-order valence-corrected chi connectivity index (χ0v) is 21.2. The van der Waals surface area contributed by atoms with Gasteiger partial charge in [-0.1, -0.05) is 58.9 Å². The third-order valence-corrected chi connectivity index (χ3v) is 11.3. The summed E-state index contributed by atoms with van der Waals surface area (Å²) in [5.74, 6) is 1.63. The Morgan fingerprint density at radius 3 is 1.74 bits per heavy atom. The summed E-state index contributed by atoms with van der Waals surface area (Å²) in [5, 5.41) is -0.166. The second-order valence-corrected chi connectivity index (χ2v) is 13.1. The topological polar surface area (TPSA) is 35.5 Å². The number of benzene rings is 2. The van der Waals surface area contributed by atoms with Crippen LogP contribution in [0.1, 0.15) is 85.3 Å². The first-order valence-corrected chi connectivity index (χ1v) is 13.5. The second-order valence-electron chi connectivity index (χ2n) is 10.0. The van der Waals surface area contributed by atoms with Crippen LogP contribution in [0.5, 0.6) is 11.5 Å². The van der Waals surface area contributed by atoms with E-state index in [2.05, 4.69) is 84.9 Å². The quantitative estimate of drug-likeness (QED) is 0.367. The van der Waals surface area contributed by atoms with Crippen LogP contribution < -0.4 is 9.26 Å². The van der Waals surface area contributed by atoms with Gasteiger partial charge in [0.15, 0.2) is 0 Å². The van der Waals surface area contributed by atoms with Gasteiger partial charge in [-0.3, -0.25) is 4.57 Å². The fourth-order valence-electron chi connectivity index (χ4n) is 4.14. The van der Waals surface area contributed by atoms with Crippen molar-refractivity contribution < 1.29 is 13.8 Å². The van der Waals surface area contributed by atoms with Gasteiger partial charge in [0, 0.05) is 11.6 Å². The lowest BCUT2D eigenvalue weighted by Gasteiger charge is -2.45. The van der Waals surface area contributed by atoms with E-state index in [0.29, 0.717) is 11.9 Å². The van der Waals surface area contributed by atoms with Crippen LogP contribution in [0.4, 0.5) is 0 Å². The van der Waals surface area contributed by atoms with E-state index < -0.39 is 7.37 Å². The maximum atomic E-state index is 13.2. The van der Waals surface area contributed by atoms with Crippen LogP contribution in [0.2, 0.25) is 0 Å². The molecule has 2 atom stereocenters. The predicted octanol–water partition coefficient (Wildman–Crippen LogP) is 8.20. The molecule has 0 radical (unpaired) electrons. The van der Waals surface area contributed by atoms with Crippen LogP contribution in [0.25, 0.3) is 0 Å². The number of rotatable bonds is 9. The average Bonchev–Trinajstić information content (AvgIpc) is 2.78. The van der Waals surface area contributed by atoms with Crippen molar-refractivity contribution in [3.8, 4) is 11.5 Å². The molecule has 0 aliphatic carbocycles. The highest BCUT2D eigenvalue weighted by atomic mass is 31.2. The highest BCUT2D eigenvalue weighted by Crippen LogP contribution is 2.70. The Labute approximate surface area is 189 Å². The normalized spacial score (nSPS) is 23.8. The van der Waals surface area contributed by atoms with Gasteiger partial charge < -0.3 is 9.26 Å². The Kier molecular flexibility index (Phi) is 6.68. The van der Waals surface area contributed by atoms with Crippen LogP contribution >= 0.6 is 7.37 Å². The summed E-state index contributed by atoms with van der Waals surface area (Å²) in [7, 11) is -2.59. The van der Waals surface area contributed by atoms with Crippen molar-refractivity contribution in [2.75, 3.05) is 6.16 Å². The maximum absolute atomic E-state index is 13.2. The molecule has 1 fully saturated rings. The van der Waals surface area contributed by atoms with Crippen LogP contribution in [0.15, 0.2) is 48.5 Å². The van der Waals surface area contributed by atoms with E-state index in [1.807, 2.05) is 12.1 Å². The molecule has 0 bridgehead atoms. The summed E-state index contributed by atoms with van der Waals surface area (Å²) in [5.41, 5.74) is 2.15. The molecule has 0 amide bonds. The lowest BCUT2D eigenvalue weighted by molar-refractivity contribution is 0.0802. The first kappa shape index (κ1) is 23.9. The van der Waals surface area contributed by atoms with Crippen molar-refractivity contribution in [3.63, 3.8) is 0 Å². The molecule has 0 spiro atoms. The molecule has 1 aliphatic rings. The molecule has 4 heteroatoms. The number of ether oxygens (including phenoxy) is 1. The van der Waals surface area contributed by atoms with E-state index in [4.69, 9.17) is 9.26 Å². The van der Waals surface area contributed by atoms with Gasteiger partial charge in [0.05, 0.1) is 5.16 Å². The molecule has 0 saturated carbocycles. The lowest BCUT2D eigenvalue weighted by atomic mass is 9.78. The second kappa shape index (κ2) is 8.66. The molecular weight excluding hydrogens is 403 g/mol. The highest BCUT2D eigenvalue weighted by Gasteiger charge is 2.54. The first-order chi connectivity index (χ1) is 14.5. The summed E-state index contributed by atoms with van der Waals surface area (Å²) in [6, 6.07) is 16.6. The van der Waals surface area contributed by atoms with E-state index in [-0.39, 0.29) is 16.2 Å². The van der Waals surface area contributed by atoms with Gasteiger partial charge in [-0.2, -0.15) is 0 Å². The van der Waals surface area contributed by atoms with Gasteiger partial charge >= 0.3 is 0 Å². The Bertz CT molecular complexity index is 922. The molecule has 1 heterocycles. The van der Waals surface area contributed by atoms with Crippen LogP contribution in [0.3, 0.4) is 0 Å². The van der Waals surface area contributed by atoms with Crippen molar-refractivity contribution >= 4 is 7.37 Å². The Morgan fingerprint density at radius 1 is 0.871 bits per heavy atom. The molecule has 3 rings (SSSR count). The van der Waals surface area contributed by atoms with E-state index in [0.717, 1.165) is 31.4 Å². The van der Waals surface area contributed by atoms with Gasteiger partial charge in [-0.05, 0) is 74.9 Å². The molecule has 1 saturated heterocycles. The molecule has 0 aromatic heterocycles. The first-order valence-electron chi connectivity index (χ1n) is 11.7. The molecule has 2 unspecified atom stereocenters. The summed E-state index contributed by atoms with van der Waals surface area (Å²) in [6.07, 6.45) is 4.53. The standard InChI is InChI=1S/C27H39O3P/c1-8-26(6,9-2)29-23-15-11-21(12-16-23)25(4,5)22-13-17-24(18-14-22)30-31(28)20-19-27(31,7)10-3/h11-18H,8-10,19-20H2,1-7H3. The van der Waals surface area contributed by atoms with Crippen molar-refractivity contribution in [1.82, 2.24) is 0 Å². The van der Waals surface area contributed by atoms with Crippen LogP contribution in [-0.4, -0.2) is 16.9 Å². The Morgan fingerprint density at radius 2 is 1.35 bits per heavy atom. The van der Waals surface area contributed by atoms with E-state index in [1.165, 1.54) is 11.1 Å². The average molecular weight is 443 g/mol. The summed E-state index contributed by atoms with van der Waals surface area (Å²) in [6.45, 7) is 15.1. The summed E-state index contributed by atoms with van der Waals surface area (Å²) in [4.78, 5) is 0. The molecule has 1 aliphatic heterocycles. The van der Waals surface area contributed by atoms with Crippen molar-refractivity contribution in [1.29, 1.82) is 0 Å². The zero-order valence-electron chi connectivity index (χ0n) is 20.3. The van der Waals surface area contributed by atoms with Crippen LogP contribution in [0, 0.1) is 0 Å². The third kappa shape index (κ3) is 4.58. The fraction of sp³-hybridized carbons (Fsp3) is 0.556. The van der Waals surface area contributed by atoms with Gasteiger partial charge in [0.2, 0.25) is 0 Å². The number of hydrogen-bond donors (Lipinski definition) is 0. The van der Waals surface area contributed by atoms with Gasteiger partial charge in [0.25, 0.3) is 7.37 Å². The minimum atomic E-state index is -2.59. The third-order valence-electron chi connectivity index (χ3n) is 7.79. The molecule has 31 heavy (non-hydrogen) atoms. The fourth-order valence-corrected chi connectivity index (χ4v) is 6.75. The van der Waals surface area contributed by atoms with Crippen molar-refractivity contribution in [2.24, 2.45) is 0 Å². The monoisotopic (exact) mass is 442 g/mol. The number of hydrogen-bond acceptors (Lipinski definition) is 3. The van der Waals surface area contributed by atoms with E-state index in [9.17, 15) is 4.57 Å². The van der Waals surface area contributed by atoms with Gasteiger partial charge in [-0.15, -0.1) is 0 Å². The van der Waals surface area contributed by atoms with Gasteiger partial charge in [0.1, 0.15) is 17.1 Å². The van der Waals surface area contributed by atoms with Crippen molar-refractivity contribution in [3.05, 3.63) is 59.7 Å². The Hall–Kier alpha value is -1.73. The maximum Gasteiger partial charge on any atom is 0.253 e. The molecule has 0 N–H and O–H groups in total. The minimum absolute atomic E-state index is 0.122. The molecule has 3 nitrogen and oxygen atoms in total. The molecular formula is C27H39O3P. The Balaban J connectivity index is 1.74. The van der Waals surface area contributed by atoms with Crippen LogP contribution in [-0.2, 0) is 9.98 Å².